The quantitative estimate of drug-likeness (QED) is 0.791. The Kier molecular flexibility index (Phi) is 5.45. The lowest BCUT2D eigenvalue weighted by Gasteiger charge is -2.16. The van der Waals surface area contributed by atoms with Gasteiger partial charge in [0.1, 0.15) is 5.75 Å². The van der Waals surface area contributed by atoms with Crippen LogP contribution in [0.4, 0.5) is 0 Å². The first-order valence-electron chi connectivity index (χ1n) is 6.25. The molecule has 0 aliphatic heterocycles. The molecule has 0 saturated carbocycles. The molecule has 0 fully saturated rings. The van der Waals surface area contributed by atoms with Crippen LogP contribution in [0.25, 0.3) is 0 Å². The van der Waals surface area contributed by atoms with Gasteiger partial charge in [-0.2, -0.15) is 0 Å². The number of hydrogen-bond acceptors (Lipinski definition) is 3. The molecule has 4 N–H and O–H groups in total. The third-order valence-electron chi connectivity index (χ3n) is 3.11. The molecule has 0 aliphatic carbocycles. The van der Waals surface area contributed by atoms with Crippen molar-refractivity contribution in [3.05, 3.63) is 28.8 Å². The fraction of sp³-hybridized carbons (Fsp3) is 0.571. The van der Waals surface area contributed by atoms with Gasteiger partial charge >= 0.3 is 0 Å². The van der Waals surface area contributed by atoms with E-state index in [1.165, 1.54) is 16.7 Å². The molecule has 3 nitrogen and oxygen atoms in total. The van der Waals surface area contributed by atoms with Crippen LogP contribution in [-0.4, -0.2) is 19.7 Å². The molecule has 0 aromatic heterocycles. The molecule has 17 heavy (non-hydrogen) atoms. The van der Waals surface area contributed by atoms with Crippen LogP contribution in [0.2, 0.25) is 0 Å². The van der Waals surface area contributed by atoms with E-state index in [0.29, 0.717) is 25.6 Å². The minimum absolute atomic E-state index is 0.367. The number of benzene rings is 1. The summed E-state index contributed by atoms with van der Waals surface area (Å²) in [4.78, 5) is 0. The number of ether oxygens (including phenoxy) is 1. The maximum Gasteiger partial charge on any atom is 0.122 e. The standard InChI is InChI=1S/C14H24N2O/c1-4-17-14-6-10(2)13(5-11(14)3)7-12(8-15)9-16/h5-6,12H,4,7-9,15-16H2,1-3H3. The van der Waals surface area contributed by atoms with Gasteiger partial charge in [0.15, 0.2) is 0 Å². The third kappa shape index (κ3) is 3.72. The zero-order chi connectivity index (χ0) is 12.8. The van der Waals surface area contributed by atoms with Crippen molar-refractivity contribution in [2.24, 2.45) is 17.4 Å². The molecule has 1 aromatic rings. The molecule has 0 amide bonds. The van der Waals surface area contributed by atoms with Gasteiger partial charge in [-0.05, 0) is 69.0 Å². The molecule has 3 heteroatoms. The lowest BCUT2D eigenvalue weighted by molar-refractivity contribution is 0.337. The van der Waals surface area contributed by atoms with Crippen molar-refractivity contribution < 1.29 is 4.74 Å². The smallest absolute Gasteiger partial charge is 0.122 e. The summed E-state index contributed by atoms with van der Waals surface area (Å²) >= 11 is 0. The van der Waals surface area contributed by atoms with Crippen molar-refractivity contribution in [1.29, 1.82) is 0 Å². The molecular weight excluding hydrogens is 212 g/mol. The molecular formula is C14H24N2O. The van der Waals surface area contributed by atoms with E-state index in [-0.39, 0.29) is 0 Å². The maximum absolute atomic E-state index is 5.69. The number of aryl methyl sites for hydroxylation is 2. The molecule has 0 saturated heterocycles. The Bertz CT molecular complexity index is 359. The van der Waals surface area contributed by atoms with Crippen LogP contribution in [0.3, 0.4) is 0 Å². The Morgan fingerprint density at radius 3 is 2.29 bits per heavy atom. The molecule has 0 spiro atoms. The van der Waals surface area contributed by atoms with E-state index in [1.54, 1.807) is 0 Å². The monoisotopic (exact) mass is 236 g/mol. The second-order valence-corrected chi connectivity index (χ2v) is 4.52. The summed E-state index contributed by atoms with van der Waals surface area (Å²) in [5.41, 5.74) is 15.1. The predicted molar refractivity (Wildman–Crippen MR) is 72.4 cm³/mol. The van der Waals surface area contributed by atoms with Crippen LogP contribution in [0.5, 0.6) is 5.75 Å². The van der Waals surface area contributed by atoms with Crippen molar-refractivity contribution in [1.82, 2.24) is 0 Å². The molecule has 1 aromatic carbocycles. The highest BCUT2D eigenvalue weighted by Crippen LogP contribution is 2.24. The summed E-state index contributed by atoms with van der Waals surface area (Å²) in [6, 6.07) is 4.30. The predicted octanol–water partition coefficient (Wildman–Crippen LogP) is 1.78. The van der Waals surface area contributed by atoms with Crippen LogP contribution in [0.1, 0.15) is 23.6 Å². The normalized spacial score (nSPS) is 10.9. The number of nitrogens with two attached hydrogens (primary N) is 2. The largest absolute Gasteiger partial charge is 0.494 e. The van der Waals surface area contributed by atoms with Gasteiger partial charge in [-0.25, -0.2) is 0 Å². The fourth-order valence-corrected chi connectivity index (χ4v) is 1.95. The van der Waals surface area contributed by atoms with Gasteiger partial charge in [0.25, 0.3) is 0 Å². The Balaban J connectivity index is 2.90. The topological polar surface area (TPSA) is 61.3 Å². The Morgan fingerprint density at radius 1 is 1.12 bits per heavy atom. The number of hydrogen-bond donors (Lipinski definition) is 2. The lowest BCUT2D eigenvalue weighted by atomic mass is 9.94. The van der Waals surface area contributed by atoms with Crippen molar-refractivity contribution >= 4 is 0 Å². The highest BCUT2D eigenvalue weighted by atomic mass is 16.5. The molecule has 0 atom stereocenters. The van der Waals surface area contributed by atoms with E-state index in [2.05, 4.69) is 26.0 Å². The minimum Gasteiger partial charge on any atom is -0.494 e. The van der Waals surface area contributed by atoms with E-state index in [0.717, 1.165) is 12.2 Å². The van der Waals surface area contributed by atoms with E-state index in [4.69, 9.17) is 16.2 Å². The first-order chi connectivity index (χ1) is 8.12. The molecule has 1 rings (SSSR count). The molecule has 0 unspecified atom stereocenters. The molecule has 0 bridgehead atoms. The van der Waals surface area contributed by atoms with Gasteiger partial charge in [0.05, 0.1) is 6.61 Å². The zero-order valence-corrected chi connectivity index (χ0v) is 11.1. The van der Waals surface area contributed by atoms with Gasteiger partial charge in [0, 0.05) is 0 Å². The second kappa shape index (κ2) is 6.62. The Labute approximate surface area is 104 Å². The summed E-state index contributed by atoms with van der Waals surface area (Å²) in [6.07, 6.45) is 0.950. The Hall–Kier alpha value is -1.06. The molecule has 96 valence electrons. The van der Waals surface area contributed by atoms with E-state index < -0.39 is 0 Å². The van der Waals surface area contributed by atoms with Gasteiger partial charge in [-0.1, -0.05) is 6.07 Å². The van der Waals surface area contributed by atoms with Gasteiger partial charge < -0.3 is 16.2 Å². The molecule has 0 radical (unpaired) electrons. The van der Waals surface area contributed by atoms with Gasteiger partial charge in [-0.15, -0.1) is 0 Å². The fourth-order valence-electron chi connectivity index (χ4n) is 1.95. The lowest BCUT2D eigenvalue weighted by Crippen LogP contribution is -2.25. The molecule has 0 heterocycles. The Morgan fingerprint density at radius 2 is 1.76 bits per heavy atom. The van der Waals surface area contributed by atoms with Gasteiger partial charge in [-0.3, -0.25) is 0 Å². The SMILES string of the molecule is CCOc1cc(C)c(CC(CN)CN)cc1C. The van der Waals surface area contributed by atoms with Crippen LogP contribution >= 0.6 is 0 Å². The van der Waals surface area contributed by atoms with Crippen LogP contribution in [0.15, 0.2) is 12.1 Å². The third-order valence-corrected chi connectivity index (χ3v) is 3.11. The summed E-state index contributed by atoms with van der Waals surface area (Å²) in [5.74, 6) is 1.34. The first kappa shape index (κ1) is 14.0. The number of rotatable bonds is 6. The van der Waals surface area contributed by atoms with E-state index >= 15 is 0 Å². The van der Waals surface area contributed by atoms with Crippen LogP contribution in [0, 0.1) is 19.8 Å². The zero-order valence-electron chi connectivity index (χ0n) is 11.1. The second-order valence-electron chi connectivity index (χ2n) is 4.52. The van der Waals surface area contributed by atoms with E-state index in [9.17, 15) is 0 Å². The summed E-state index contributed by atoms with van der Waals surface area (Å²) in [6.45, 7) is 8.18. The van der Waals surface area contributed by atoms with Crippen molar-refractivity contribution in [2.45, 2.75) is 27.2 Å². The van der Waals surface area contributed by atoms with Crippen molar-refractivity contribution in [3.63, 3.8) is 0 Å². The van der Waals surface area contributed by atoms with Crippen LogP contribution < -0.4 is 16.2 Å². The highest BCUT2D eigenvalue weighted by Gasteiger charge is 2.10. The highest BCUT2D eigenvalue weighted by molar-refractivity contribution is 5.41. The summed E-state index contributed by atoms with van der Waals surface area (Å²) < 4.78 is 5.58. The average Bonchev–Trinajstić information content (AvgIpc) is 2.32. The van der Waals surface area contributed by atoms with Crippen molar-refractivity contribution in [3.8, 4) is 5.75 Å². The summed E-state index contributed by atoms with van der Waals surface area (Å²) in [7, 11) is 0. The van der Waals surface area contributed by atoms with Crippen molar-refractivity contribution in [2.75, 3.05) is 19.7 Å². The average molecular weight is 236 g/mol. The van der Waals surface area contributed by atoms with E-state index in [1.807, 2.05) is 6.92 Å². The van der Waals surface area contributed by atoms with Crippen LogP contribution in [-0.2, 0) is 6.42 Å². The maximum atomic E-state index is 5.69. The molecule has 0 aliphatic rings. The van der Waals surface area contributed by atoms with Gasteiger partial charge in [0.2, 0.25) is 0 Å². The summed E-state index contributed by atoms with van der Waals surface area (Å²) in [5, 5.41) is 0. The first-order valence-corrected chi connectivity index (χ1v) is 6.25. The minimum atomic E-state index is 0.367.